The van der Waals surface area contributed by atoms with Gasteiger partial charge in [0.25, 0.3) is 0 Å². The van der Waals surface area contributed by atoms with E-state index in [1.807, 2.05) is 75.9 Å². The first kappa shape index (κ1) is 24.8. The summed E-state index contributed by atoms with van der Waals surface area (Å²) in [6, 6.07) is 22.5. The number of aryl methyl sites for hydroxylation is 1. The van der Waals surface area contributed by atoms with Gasteiger partial charge in [0.1, 0.15) is 11.6 Å². The lowest BCUT2D eigenvalue weighted by molar-refractivity contribution is -0.128. The van der Waals surface area contributed by atoms with Crippen molar-refractivity contribution in [2.75, 3.05) is 43.9 Å². The summed E-state index contributed by atoms with van der Waals surface area (Å²) in [5.41, 5.74) is 3.46. The molecule has 4 aromatic rings. The number of carbonyl (C=O) groups is 1. The molecule has 1 saturated heterocycles. The Morgan fingerprint density at radius 1 is 0.919 bits per heavy atom. The summed E-state index contributed by atoms with van der Waals surface area (Å²) in [4.78, 5) is 16.9. The molecule has 1 aliphatic rings. The number of halogens is 1. The third kappa shape index (κ3) is 5.32. The van der Waals surface area contributed by atoms with Crippen LogP contribution in [0.5, 0.6) is 5.75 Å². The SMILES string of the molecule is COc1ccccc1-n1c(SCC(=O)N2CCN(c3ccccc3F)CC2)nnc1-c1ccc(C)cc1. The molecule has 2 heterocycles. The number of carbonyl (C=O) groups excluding carboxylic acids is 1. The number of hydrogen-bond acceptors (Lipinski definition) is 6. The van der Waals surface area contributed by atoms with Gasteiger partial charge in [-0.25, -0.2) is 4.39 Å². The number of anilines is 1. The summed E-state index contributed by atoms with van der Waals surface area (Å²) < 4.78 is 21.7. The molecule has 1 aromatic heterocycles. The molecule has 7 nitrogen and oxygen atoms in total. The highest BCUT2D eigenvalue weighted by atomic mass is 32.2. The number of hydrogen-bond donors (Lipinski definition) is 0. The van der Waals surface area contributed by atoms with Crippen LogP contribution in [0.25, 0.3) is 17.1 Å². The van der Waals surface area contributed by atoms with Gasteiger partial charge in [-0.05, 0) is 31.2 Å². The number of rotatable bonds is 7. The van der Waals surface area contributed by atoms with Crippen molar-refractivity contribution >= 4 is 23.4 Å². The molecule has 5 rings (SSSR count). The lowest BCUT2D eigenvalue weighted by Gasteiger charge is -2.36. The van der Waals surface area contributed by atoms with Crippen molar-refractivity contribution in [3.05, 3.63) is 84.2 Å². The van der Waals surface area contributed by atoms with Crippen molar-refractivity contribution in [2.45, 2.75) is 12.1 Å². The van der Waals surface area contributed by atoms with Crippen LogP contribution in [0.2, 0.25) is 0 Å². The van der Waals surface area contributed by atoms with E-state index in [0.29, 0.717) is 48.6 Å². The van der Waals surface area contributed by atoms with E-state index >= 15 is 0 Å². The molecule has 1 aliphatic heterocycles. The molecular formula is C28H28FN5O2S. The lowest BCUT2D eigenvalue weighted by Crippen LogP contribution is -2.49. The molecule has 0 N–H and O–H groups in total. The average molecular weight is 518 g/mol. The van der Waals surface area contributed by atoms with Crippen molar-refractivity contribution in [3.8, 4) is 22.8 Å². The average Bonchev–Trinajstić information content (AvgIpc) is 3.36. The highest BCUT2D eigenvalue weighted by Crippen LogP contribution is 2.33. The van der Waals surface area contributed by atoms with Gasteiger partial charge in [-0.15, -0.1) is 10.2 Å². The second-order valence-electron chi connectivity index (χ2n) is 8.79. The molecule has 0 atom stereocenters. The summed E-state index contributed by atoms with van der Waals surface area (Å²) in [7, 11) is 1.63. The van der Waals surface area contributed by atoms with Crippen molar-refractivity contribution in [2.24, 2.45) is 0 Å². The fraction of sp³-hybridized carbons (Fsp3) is 0.250. The van der Waals surface area contributed by atoms with E-state index in [2.05, 4.69) is 10.2 Å². The fourth-order valence-electron chi connectivity index (χ4n) is 4.41. The first-order valence-electron chi connectivity index (χ1n) is 12.1. The Morgan fingerprint density at radius 2 is 1.59 bits per heavy atom. The first-order chi connectivity index (χ1) is 18.0. The monoisotopic (exact) mass is 517 g/mol. The molecule has 190 valence electrons. The highest BCUT2D eigenvalue weighted by Gasteiger charge is 2.24. The van der Waals surface area contributed by atoms with E-state index in [0.717, 1.165) is 16.8 Å². The van der Waals surface area contributed by atoms with Crippen LogP contribution in [-0.2, 0) is 4.79 Å². The number of nitrogens with zero attached hydrogens (tertiary/aromatic N) is 5. The zero-order chi connectivity index (χ0) is 25.8. The topological polar surface area (TPSA) is 63.5 Å². The molecule has 9 heteroatoms. The molecule has 1 amide bonds. The van der Waals surface area contributed by atoms with Gasteiger partial charge >= 0.3 is 0 Å². The van der Waals surface area contributed by atoms with E-state index < -0.39 is 0 Å². The standard InChI is InChI=1S/C28H28FN5O2S/c1-20-11-13-21(14-12-20)27-30-31-28(34(27)24-9-5-6-10-25(24)36-2)37-19-26(35)33-17-15-32(16-18-33)23-8-4-3-7-22(23)29/h3-14H,15-19H2,1-2H3. The highest BCUT2D eigenvalue weighted by molar-refractivity contribution is 7.99. The zero-order valence-electron chi connectivity index (χ0n) is 20.8. The number of methoxy groups -OCH3 is 1. The Balaban J connectivity index is 1.33. The number of aromatic nitrogens is 3. The minimum atomic E-state index is -0.238. The molecule has 0 radical (unpaired) electrons. The molecule has 37 heavy (non-hydrogen) atoms. The van der Waals surface area contributed by atoms with Crippen molar-refractivity contribution < 1.29 is 13.9 Å². The predicted molar refractivity (Wildman–Crippen MR) is 144 cm³/mol. The van der Waals surface area contributed by atoms with Crippen LogP contribution in [0.4, 0.5) is 10.1 Å². The number of thioether (sulfide) groups is 1. The molecule has 0 spiro atoms. The third-order valence-electron chi connectivity index (χ3n) is 6.42. The molecule has 0 unspecified atom stereocenters. The van der Waals surface area contributed by atoms with Crippen LogP contribution < -0.4 is 9.64 Å². The van der Waals surface area contributed by atoms with Crippen molar-refractivity contribution in [1.29, 1.82) is 0 Å². The van der Waals surface area contributed by atoms with Gasteiger partial charge in [-0.3, -0.25) is 9.36 Å². The van der Waals surface area contributed by atoms with Gasteiger partial charge in [-0.1, -0.05) is 65.9 Å². The Hall–Kier alpha value is -3.85. The maximum Gasteiger partial charge on any atom is 0.233 e. The van der Waals surface area contributed by atoms with Gasteiger partial charge in [0.15, 0.2) is 11.0 Å². The number of benzene rings is 3. The molecule has 1 fully saturated rings. The predicted octanol–water partition coefficient (Wildman–Crippen LogP) is 4.83. The van der Waals surface area contributed by atoms with E-state index in [4.69, 9.17) is 4.74 Å². The number of para-hydroxylation sites is 3. The zero-order valence-corrected chi connectivity index (χ0v) is 21.6. The van der Waals surface area contributed by atoms with E-state index in [9.17, 15) is 9.18 Å². The van der Waals surface area contributed by atoms with Gasteiger partial charge in [0.2, 0.25) is 5.91 Å². The van der Waals surface area contributed by atoms with Crippen LogP contribution in [0.15, 0.2) is 78.0 Å². The van der Waals surface area contributed by atoms with Gasteiger partial charge in [0, 0.05) is 31.7 Å². The maximum absolute atomic E-state index is 14.2. The maximum atomic E-state index is 14.2. The smallest absolute Gasteiger partial charge is 0.233 e. The summed E-state index contributed by atoms with van der Waals surface area (Å²) >= 11 is 1.35. The van der Waals surface area contributed by atoms with Crippen LogP contribution in [0.3, 0.4) is 0 Å². The molecule has 0 bridgehead atoms. The van der Waals surface area contributed by atoms with Gasteiger partial charge < -0.3 is 14.5 Å². The fourth-order valence-corrected chi connectivity index (χ4v) is 5.25. The van der Waals surface area contributed by atoms with E-state index in [1.165, 1.54) is 17.8 Å². The van der Waals surface area contributed by atoms with Crippen LogP contribution in [-0.4, -0.2) is 64.6 Å². The van der Waals surface area contributed by atoms with Gasteiger partial charge in [-0.2, -0.15) is 0 Å². The number of amides is 1. The first-order valence-corrected chi connectivity index (χ1v) is 13.1. The van der Waals surface area contributed by atoms with E-state index in [1.54, 1.807) is 19.2 Å². The van der Waals surface area contributed by atoms with Crippen LogP contribution >= 0.6 is 11.8 Å². The summed E-state index contributed by atoms with van der Waals surface area (Å²) in [6.07, 6.45) is 0. The molecule has 3 aromatic carbocycles. The normalized spacial score (nSPS) is 13.6. The van der Waals surface area contributed by atoms with Crippen molar-refractivity contribution in [1.82, 2.24) is 19.7 Å². The van der Waals surface area contributed by atoms with Crippen LogP contribution in [0, 0.1) is 12.7 Å². The largest absolute Gasteiger partial charge is 0.495 e. The van der Waals surface area contributed by atoms with Crippen molar-refractivity contribution in [3.63, 3.8) is 0 Å². The Kier molecular flexibility index (Phi) is 7.41. The third-order valence-corrected chi connectivity index (χ3v) is 7.33. The minimum Gasteiger partial charge on any atom is -0.495 e. The minimum absolute atomic E-state index is 0.0182. The molecule has 0 saturated carbocycles. The second kappa shape index (κ2) is 11.0. The second-order valence-corrected chi connectivity index (χ2v) is 9.73. The number of piperazine rings is 1. The van der Waals surface area contributed by atoms with Gasteiger partial charge in [0.05, 0.1) is 24.2 Å². The molecule has 0 aliphatic carbocycles. The van der Waals surface area contributed by atoms with Crippen LogP contribution in [0.1, 0.15) is 5.56 Å². The van der Waals surface area contributed by atoms with E-state index in [-0.39, 0.29) is 17.5 Å². The summed E-state index contributed by atoms with van der Waals surface area (Å²) in [6.45, 7) is 4.31. The quantitative estimate of drug-likeness (QED) is 0.327. The Labute approximate surface area is 219 Å². The lowest BCUT2D eigenvalue weighted by atomic mass is 10.1. The Bertz CT molecular complexity index is 1380. The Morgan fingerprint density at radius 3 is 2.30 bits per heavy atom. The summed E-state index contributed by atoms with van der Waals surface area (Å²) in [5.74, 6) is 1.37. The molecular weight excluding hydrogens is 489 g/mol. The number of ether oxygens (including phenoxy) is 1. The summed E-state index contributed by atoms with van der Waals surface area (Å²) in [5, 5.41) is 9.53.